The number of aromatic nitrogens is 2. The minimum absolute atomic E-state index is 0.0728. The molecular weight excluding hydrogens is 397 g/mol. The van der Waals surface area contributed by atoms with E-state index in [1.165, 1.54) is 16.8 Å². The van der Waals surface area contributed by atoms with E-state index in [0.29, 0.717) is 6.54 Å². The second-order valence-electron chi connectivity index (χ2n) is 8.24. The molecule has 7 heteroatoms. The Kier molecular flexibility index (Phi) is 4.61. The van der Waals surface area contributed by atoms with Gasteiger partial charge in [-0.05, 0) is 48.6 Å². The molecule has 158 valence electrons. The van der Waals surface area contributed by atoms with Gasteiger partial charge in [-0.1, -0.05) is 36.4 Å². The topological polar surface area (TPSA) is 75.4 Å². The summed E-state index contributed by atoms with van der Waals surface area (Å²) in [7, 11) is 0. The number of rotatable bonds is 3. The summed E-state index contributed by atoms with van der Waals surface area (Å²) in [5, 5.41) is 14.8. The maximum atomic E-state index is 13.7. The molecule has 3 atom stereocenters. The fourth-order valence-electron chi connectivity index (χ4n) is 5.11. The first-order chi connectivity index (χ1) is 15.0. The number of carbonyl (C=O) groups is 1. The van der Waals surface area contributed by atoms with Crippen LogP contribution < -0.4 is 5.43 Å². The van der Waals surface area contributed by atoms with Crippen molar-refractivity contribution in [2.45, 2.75) is 37.8 Å². The number of aryl methyl sites for hydroxylation is 1. The van der Waals surface area contributed by atoms with Gasteiger partial charge in [0.05, 0.1) is 18.3 Å². The molecule has 1 aromatic heterocycles. The molecule has 5 rings (SSSR count). The van der Waals surface area contributed by atoms with Gasteiger partial charge < -0.3 is 10.0 Å². The average molecular weight is 419 g/mol. The number of nitrogens with zero attached hydrogens (tertiary/aromatic N) is 3. The van der Waals surface area contributed by atoms with E-state index < -0.39 is 11.2 Å². The van der Waals surface area contributed by atoms with Crippen molar-refractivity contribution in [3.8, 4) is 5.75 Å². The van der Waals surface area contributed by atoms with Crippen LogP contribution >= 0.6 is 0 Å². The van der Waals surface area contributed by atoms with E-state index in [2.05, 4.69) is 5.10 Å². The molecule has 0 saturated carbocycles. The first-order valence-corrected chi connectivity index (χ1v) is 10.4. The highest BCUT2D eigenvalue weighted by Crippen LogP contribution is 2.46. The van der Waals surface area contributed by atoms with Crippen molar-refractivity contribution in [2.24, 2.45) is 0 Å². The zero-order valence-corrected chi connectivity index (χ0v) is 17.0. The number of aromatic hydroxyl groups is 1. The Labute approximate surface area is 178 Å². The fourth-order valence-corrected chi connectivity index (χ4v) is 5.11. The molecule has 1 fully saturated rings. The number of benzene rings is 2. The average Bonchev–Trinajstić information content (AvgIpc) is 3.25. The van der Waals surface area contributed by atoms with Gasteiger partial charge in [0.25, 0.3) is 5.91 Å². The van der Waals surface area contributed by atoms with Gasteiger partial charge in [-0.3, -0.25) is 14.3 Å². The maximum Gasteiger partial charge on any atom is 0.276 e. The summed E-state index contributed by atoms with van der Waals surface area (Å²) in [5.41, 5.74) is 2.23. The van der Waals surface area contributed by atoms with Gasteiger partial charge >= 0.3 is 0 Å². The van der Waals surface area contributed by atoms with E-state index in [9.17, 15) is 19.1 Å². The van der Waals surface area contributed by atoms with Gasteiger partial charge in [-0.25, -0.2) is 4.39 Å². The molecule has 1 saturated heterocycles. The van der Waals surface area contributed by atoms with Crippen molar-refractivity contribution in [1.82, 2.24) is 14.7 Å². The van der Waals surface area contributed by atoms with E-state index in [1.807, 2.05) is 31.2 Å². The predicted molar refractivity (Wildman–Crippen MR) is 113 cm³/mol. The Hall–Kier alpha value is -3.48. The van der Waals surface area contributed by atoms with Gasteiger partial charge in [0.1, 0.15) is 5.82 Å². The molecule has 6 nitrogen and oxygen atoms in total. The second-order valence-corrected chi connectivity index (χ2v) is 8.24. The van der Waals surface area contributed by atoms with Crippen LogP contribution in [0.5, 0.6) is 5.75 Å². The van der Waals surface area contributed by atoms with Crippen LogP contribution in [0.15, 0.2) is 59.5 Å². The van der Waals surface area contributed by atoms with Crippen LogP contribution in [-0.2, 0) is 0 Å². The lowest BCUT2D eigenvalue weighted by Crippen LogP contribution is -2.51. The summed E-state index contributed by atoms with van der Waals surface area (Å²) in [6.07, 6.45) is 2.67. The molecule has 2 aliphatic rings. The predicted octanol–water partition coefficient (Wildman–Crippen LogP) is 3.39. The van der Waals surface area contributed by atoms with Crippen molar-refractivity contribution in [3.63, 3.8) is 0 Å². The van der Waals surface area contributed by atoms with Crippen LogP contribution in [0.4, 0.5) is 4.39 Å². The van der Waals surface area contributed by atoms with Crippen LogP contribution in [0.3, 0.4) is 0 Å². The Bertz CT molecular complexity index is 1220. The first kappa shape index (κ1) is 19.5. The smallest absolute Gasteiger partial charge is 0.276 e. The molecule has 0 radical (unpaired) electrons. The molecule has 2 aliphatic heterocycles. The summed E-state index contributed by atoms with van der Waals surface area (Å²) < 4.78 is 15.3. The zero-order valence-electron chi connectivity index (χ0n) is 17.0. The molecule has 3 heterocycles. The minimum atomic E-state index is -0.676. The van der Waals surface area contributed by atoms with E-state index in [-0.39, 0.29) is 35.4 Å². The molecule has 31 heavy (non-hydrogen) atoms. The summed E-state index contributed by atoms with van der Waals surface area (Å²) in [6.45, 7) is 2.58. The molecule has 0 bridgehead atoms. The van der Waals surface area contributed by atoms with Crippen molar-refractivity contribution in [1.29, 1.82) is 0 Å². The molecule has 1 amide bonds. The van der Waals surface area contributed by atoms with Crippen molar-refractivity contribution >= 4 is 5.91 Å². The number of fused-ring (bicyclic) bond motifs is 2. The number of hydrogen-bond acceptors (Lipinski definition) is 4. The third kappa shape index (κ3) is 3.03. The zero-order chi connectivity index (χ0) is 21.7. The third-order valence-corrected chi connectivity index (χ3v) is 6.52. The third-order valence-electron chi connectivity index (χ3n) is 6.52. The molecule has 1 unspecified atom stereocenters. The van der Waals surface area contributed by atoms with Crippen LogP contribution in [-0.4, -0.2) is 38.3 Å². The fraction of sp³-hybridized carbons (Fsp3) is 0.292. The van der Waals surface area contributed by atoms with Crippen LogP contribution in [0.1, 0.15) is 52.0 Å². The largest absolute Gasteiger partial charge is 0.502 e. The molecule has 0 aliphatic carbocycles. The van der Waals surface area contributed by atoms with Gasteiger partial charge in [-0.2, -0.15) is 5.10 Å². The van der Waals surface area contributed by atoms with E-state index in [0.717, 1.165) is 35.7 Å². The molecular formula is C24H22FN3O3. The van der Waals surface area contributed by atoms with Crippen molar-refractivity contribution in [3.05, 3.63) is 93.2 Å². The van der Waals surface area contributed by atoms with Crippen molar-refractivity contribution in [2.75, 3.05) is 6.54 Å². The lowest BCUT2D eigenvalue weighted by molar-refractivity contribution is 0.0565. The summed E-state index contributed by atoms with van der Waals surface area (Å²) in [6, 6.07) is 13.8. The Morgan fingerprint density at radius 1 is 1.13 bits per heavy atom. The second kappa shape index (κ2) is 7.34. The van der Waals surface area contributed by atoms with Crippen LogP contribution in [0.2, 0.25) is 0 Å². The molecule has 0 spiro atoms. The lowest BCUT2D eigenvalue weighted by Gasteiger charge is -2.42. The number of carbonyl (C=O) groups excluding carboxylic acids is 1. The summed E-state index contributed by atoms with van der Waals surface area (Å²) in [5.74, 6) is -1.52. The van der Waals surface area contributed by atoms with Gasteiger partial charge in [0.15, 0.2) is 11.4 Å². The van der Waals surface area contributed by atoms with E-state index >= 15 is 0 Å². The highest BCUT2D eigenvalue weighted by molar-refractivity contribution is 5.96. The summed E-state index contributed by atoms with van der Waals surface area (Å²) in [4.78, 5) is 27.0. The number of hydrogen-bond donors (Lipinski definition) is 1. The SMILES string of the molecule is Cc1ccccc1C(c1ccc(F)cc1)[C@H]1[C@H]2CCCN2C(=O)c2c(O)c(=O)cnn21. The minimum Gasteiger partial charge on any atom is -0.502 e. The summed E-state index contributed by atoms with van der Waals surface area (Å²) >= 11 is 0. The Morgan fingerprint density at radius 2 is 1.87 bits per heavy atom. The van der Waals surface area contributed by atoms with Gasteiger partial charge in [0, 0.05) is 12.5 Å². The molecule has 1 N–H and O–H groups in total. The molecule has 3 aromatic rings. The highest BCUT2D eigenvalue weighted by Gasteiger charge is 2.48. The lowest BCUT2D eigenvalue weighted by atomic mass is 9.78. The standard InChI is InChI=1S/C24H22FN3O3/c1-14-5-2-3-6-17(14)20(15-8-10-16(25)11-9-15)21-18-7-4-12-27(18)24(31)22-23(30)19(29)13-26-28(21)22/h2-3,5-6,8-11,13,18,20-21,30H,4,7,12H2,1H3/t18-,20?,21-/m1/s1. The van der Waals surface area contributed by atoms with Crippen molar-refractivity contribution < 1.29 is 14.3 Å². The quantitative estimate of drug-likeness (QED) is 0.706. The number of amides is 1. The monoisotopic (exact) mass is 419 g/mol. The van der Waals surface area contributed by atoms with Gasteiger partial charge in [-0.15, -0.1) is 0 Å². The Balaban J connectivity index is 1.79. The van der Waals surface area contributed by atoms with Crippen LogP contribution in [0.25, 0.3) is 0 Å². The Morgan fingerprint density at radius 3 is 2.61 bits per heavy atom. The van der Waals surface area contributed by atoms with Gasteiger partial charge in [0.2, 0.25) is 5.43 Å². The van der Waals surface area contributed by atoms with Crippen LogP contribution in [0, 0.1) is 12.7 Å². The molecule has 2 aromatic carbocycles. The van der Waals surface area contributed by atoms with E-state index in [1.54, 1.807) is 17.0 Å². The normalized spacial score (nSPS) is 21.0. The van der Waals surface area contributed by atoms with E-state index in [4.69, 9.17) is 0 Å². The number of halogens is 1. The first-order valence-electron chi connectivity index (χ1n) is 10.4. The highest BCUT2D eigenvalue weighted by atomic mass is 19.1. The maximum absolute atomic E-state index is 13.7.